The first kappa shape index (κ1) is 10.9. The van der Waals surface area contributed by atoms with E-state index in [9.17, 15) is 0 Å². The molecule has 15 heavy (non-hydrogen) atoms. The average molecular weight is 270 g/mol. The zero-order valence-corrected chi connectivity index (χ0v) is 10.3. The number of nitrogens with one attached hydrogen (secondary N) is 1. The van der Waals surface area contributed by atoms with Gasteiger partial charge in [-0.3, -0.25) is 4.90 Å². The Balaban J connectivity index is 2.09. The van der Waals surface area contributed by atoms with Crippen molar-refractivity contribution in [2.45, 2.75) is 6.54 Å². The Morgan fingerprint density at radius 1 is 1.33 bits per heavy atom. The summed E-state index contributed by atoms with van der Waals surface area (Å²) in [5.74, 6) is 0. The Morgan fingerprint density at radius 2 is 2.07 bits per heavy atom. The van der Waals surface area contributed by atoms with E-state index < -0.39 is 0 Å². The highest BCUT2D eigenvalue weighted by molar-refractivity contribution is 9.10. The Morgan fingerprint density at radius 3 is 2.73 bits per heavy atom. The molecule has 3 N–H and O–H groups in total. The summed E-state index contributed by atoms with van der Waals surface area (Å²) >= 11 is 3.55. The zero-order chi connectivity index (χ0) is 10.7. The number of piperazine rings is 1. The number of hydrogen-bond donors (Lipinski definition) is 2. The van der Waals surface area contributed by atoms with Crippen LogP contribution in [0.2, 0.25) is 0 Å². The topological polar surface area (TPSA) is 41.3 Å². The molecule has 0 spiro atoms. The van der Waals surface area contributed by atoms with Crippen molar-refractivity contribution in [3.8, 4) is 0 Å². The Labute approximate surface area is 98.8 Å². The van der Waals surface area contributed by atoms with Gasteiger partial charge in [-0.25, -0.2) is 0 Å². The molecular weight excluding hydrogens is 254 g/mol. The molecule has 0 aliphatic carbocycles. The SMILES string of the molecule is Nc1cccc(Br)c1CN1CCNCC1. The summed E-state index contributed by atoms with van der Waals surface area (Å²) in [5.41, 5.74) is 8.05. The maximum Gasteiger partial charge on any atom is 0.0371 e. The minimum Gasteiger partial charge on any atom is -0.398 e. The molecule has 1 heterocycles. The highest BCUT2D eigenvalue weighted by Crippen LogP contribution is 2.24. The van der Waals surface area contributed by atoms with Crippen LogP contribution in [0.1, 0.15) is 5.56 Å². The summed E-state index contributed by atoms with van der Waals surface area (Å²) in [4.78, 5) is 2.42. The molecule has 0 bridgehead atoms. The minimum absolute atomic E-state index is 0.878. The molecule has 1 aromatic rings. The third kappa shape index (κ3) is 2.71. The molecule has 2 rings (SSSR count). The van der Waals surface area contributed by atoms with Gasteiger partial charge in [0.05, 0.1) is 0 Å². The fourth-order valence-electron chi connectivity index (χ4n) is 1.84. The van der Waals surface area contributed by atoms with E-state index >= 15 is 0 Å². The monoisotopic (exact) mass is 269 g/mol. The number of benzene rings is 1. The minimum atomic E-state index is 0.878. The third-order valence-electron chi connectivity index (χ3n) is 2.75. The fourth-order valence-corrected chi connectivity index (χ4v) is 2.34. The van der Waals surface area contributed by atoms with Gasteiger partial charge in [-0.1, -0.05) is 22.0 Å². The predicted octanol–water partition coefficient (Wildman–Crippen LogP) is 1.44. The van der Waals surface area contributed by atoms with Gasteiger partial charge in [-0.2, -0.15) is 0 Å². The highest BCUT2D eigenvalue weighted by Gasteiger charge is 2.12. The second-order valence-corrected chi connectivity index (χ2v) is 4.69. The summed E-state index contributed by atoms with van der Waals surface area (Å²) < 4.78 is 1.11. The van der Waals surface area contributed by atoms with Crippen LogP contribution >= 0.6 is 15.9 Å². The largest absolute Gasteiger partial charge is 0.398 e. The van der Waals surface area contributed by atoms with Crippen molar-refractivity contribution in [3.05, 3.63) is 28.2 Å². The Bertz CT molecular complexity index is 314. The van der Waals surface area contributed by atoms with Crippen LogP contribution in [-0.4, -0.2) is 31.1 Å². The van der Waals surface area contributed by atoms with Crippen molar-refractivity contribution in [2.24, 2.45) is 0 Å². The quantitative estimate of drug-likeness (QED) is 0.799. The van der Waals surface area contributed by atoms with Gasteiger partial charge in [0.2, 0.25) is 0 Å². The lowest BCUT2D eigenvalue weighted by molar-refractivity contribution is 0.233. The van der Waals surface area contributed by atoms with Gasteiger partial charge in [-0.05, 0) is 12.1 Å². The number of hydrogen-bond acceptors (Lipinski definition) is 3. The van der Waals surface area contributed by atoms with E-state index in [-0.39, 0.29) is 0 Å². The summed E-state index contributed by atoms with van der Waals surface area (Å²) in [5, 5.41) is 3.35. The maximum absolute atomic E-state index is 5.97. The molecule has 1 fully saturated rings. The van der Waals surface area contributed by atoms with Gasteiger partial charge in [0.25, 0.3) is 0 Å². The summed E-state index contributed by atoms with van der Waals surface area (Å²) in [6, 6.07) is 5.98. The standard InChI is InChI=1S/C11H16BrN3/c12-10-2-1-3-11(13)9(10)8-15-6-4-14-5-7-15/h1-3,14H,4-8,13H2. The van der Waals surface area contributed by atoms with Crippen LogP contribution < -0.4 is 11.1 Å². The molecule has 0 amide bonds. The number of nitrogen functional groups attached to an aromatic ring is 1. The van der Waals surface area contributed by atoms with E-state index in [2.05, 4.69) is 26.1 Å². The molecule has 3 nitrogen and oxygen atoms in total. The molecule has 0 unspecified atom stereocenters. The molecular formula is C11H16BrN3. The van der Waals surface area contributed by atoms with Crippen LogP contribution in [0.5, 0.6) is 0 Å². The van der Waals surface area contributed by atoms with E-state index in [0.29, 0.717) is 0 Å². The van der Waals surface area contributed by atoms with Gasteiger partial charge < -0.3 is 11.1 Å². The van der Waals surface area contributed by atoms with Crippen molar-refractivity contribution in [1.82, 2.24) is 10.2 Å². The van der Waals surface area contributed by atoms with E-state index in [4.69, 9.17) is 5.73 Å². The molecule has 1 aromatic carbocycles. The fraction of sp³-hybridized carbons (Fsp3) is 0.455. The molecule has 1 saturated heterocycles. The van der Waals surface area contributed by atoms with Gasteiger partial charge >= 0.3 is 0 Å². The second-order valence-electron chi connectivity index (χ2n) is 3.83. The number of halogens is 1. The van der Waals surface area contributed by atoms with E-state index in [0.717, 1.165) is 42.9 Å². The lowest BCUT2D eigenvalue weighted by Crippen LogP contribution is -2.43. The predicted molar refractivity (Wildman–Crippen MR) is 66.7 cm³/mol. The van der Waals surface area contributed by atoms with E-state index in [1.165, 1.54) is 5.56 Å². The van der Waals surface area contributed by atoms with Crippen LogP contribution in [0.25, 0.3) is 0 Å². The van der Waals surface area contributed by atoms with E-state index in [1.807, 2.05) is 18.2 Å². The van der Waals surface area contributed by atoms with Crippen molar-refractivity contribution in [1.29, 1.82) is 0 Å². The molecule has 0 saturated carbocycles. The van der Waals surface area contributed by atoms with Gasteiger partial charge in [0.1, 0.15) is 0 Å². The van der Waals surface area contributed by atoms with Gasteiger partial charge in [-0.15, -0.1) is 0 Å². The maximum atomic E-state index is 5.97. The van der Waals surface area contributed by atoms with Crippen LogP contribution in [0.3, 0.4) is 0 Å². The summed E-state index contributed by atoms with van der Waals surface area (Å²) in [7, 11) is 0. The smallest absolute Gasteiger partial charge is 0.0371 e. The average Bonchev–Trinajstić information content (AvgIpc) is 2.25. The molecule has 0 atom stereocenters. The third-order valence-corrected chi connectivity index (χ3v) is 3.49. The first-order chi connectivity index (χ1) is 7.27. The number of rotatable bonds is 2. The first-order valence-corrected chi connectivity index (χ1v) is 6.02. The van der Waals surface area contributed by atoms with Crippen LogP contribution in [-0.2, 0) is 6.54 Å². The molecule has 0 aromatic heterocycles. The van der Waals surface area contributed by atoms with Crippen molar-refractivity contribution < 1.29 is 0 Å². The molecule has 4 heteroatoms. The number of nitrogens with two attached hydrogens (primary N) is 1. The van der Waals surface area contributed by atoms with Crippen molar-refractivity contribution in [2.75, 3.05) is 31.9 Å². The normalized spacial score (nSPS) is 17.9. The van der Waals surface area contributed by atoms with Crippen LogP contribution in [0.4, 0.5) is 5.69 Å². The van der Waals surface area contributed by atoms with Crippen LogP contribution in [0, 0.1) is 0 Å². The number of anilines is 1. The second kappa shape index (κ2) is 4.96. The highest BCUT2D eigenvalue weighted by atomic mass is 79.9. The van der Waals surface area contributed by atoms with Crippen LogP contribution in [0.15, 0.2) is 22.7 Å². The summed E-state index contributed by atoms with van der Waals surface area (Å²) in [6.07, 6.45) is 0. The summed E-state index contributed by atoms with van der Waals surface area (Å²) in [6.45, 7) is 5.28. The zero-order valence-electron chi connectivity index (χ0n) is 8.67. The molecule has 0 radical (unpaired) electrons. The van der Waals surface area contributed by atoms with Gasteiger partial charge in [0, 0.05) is 48.4 Å². The van der Waals surface area contributed by atoms with Crippen molar-refractivity contribution >= 4 is 21.6 Å². The molecule has 82 valence electrons. The van der Waals surface area contributed by atoms with E-state index in [1.54, 1.807) is 0 Å². The van der Waals surface area contributed by atoms with Crippen molar-refractivity contribution in [3.63, 3.8) is 0 Å². The Hall–Kier alpha value is -0.580. The Kier molecular flexibility index (Phi) is 3.61. The molecule has 1 aliphatic heterocycles. The number of nitrogens with zero attached hydrogens (tertiary/aromatic N) is 1. The molecule has 1 aliphatic rings. The first-order valence-electron chi connectivity index (χ1n) is 5.23. The van der Waals surface area contributed by atoms with Gasteiger partial charge in [0.15, 0.2) is 0 Å². The lowest BCUT2D eigenvalue weighted by Gasteiger charge is -2.28. The lowest BCUT2D eigenvalue weighted by atomic mass is 10.1.